The van der Waals surface area contributed by atoms with Crippen molar-refractivity contribution in [2.75, 3.05) is 17.7 Å². The van der Waals surface area contributed by atoms with E-state index in [1.807, 2.05) is 0 Å². The normalized spacial score (nSPS) is 12.6. The first kappa shape index (κ1) is 20.8. The van der Waals surface area contributed by atoms with Crippen LogP contribution in [-0.4, -0.2) is 44.4 Å². The molecule has 156 valence electrons. The number of fused-ring (bicyclic) bond motifs is 1. The minimum absolute atomic E-state index is 0.0960. The van der Waals surface area contributed by atoms with Gasteiger partial charge in [-0.3, -0.25) is 4.79 Å². The second-order valence-electron chi connectivity index (χ2n) is 6.47. The molecule has 0 atom stereocenters. The molecule has 1 amide bonds. The number of esters is 1. The molecule has 2 heterocycles. The first-order valence-electron chi connectivity index (χ1n) is 9.35. The van der Waals surface area contributed by atoms with Crippen molar-refractivity contribution < 1.29 is 14.3 Å². The predicted octanol–water partition coefficient (Wildman–Crippen LogP) is 3.77. The molecule has 3 aromatic rings. The van der Waals surface area contributed by atoms with Crippen LogP contribution in [0.25, 0.3) is 5.69 Å². The van der Waals surface area contributed by atoms with Gasteiger partial charge in [0, 0.05) is 9.90 Å². The highest BCUT2D eigenvalue weighted by Crippen LogP contribution is 2.39. The molecule has 30 heavy (non-hydrogen) atoms. The van der Waals surface area contributed by atoms with Gasteiger partial charge in [0.25, 0.3) is 0 Å². The van der Waals surface area contributed by atoms with Crippen molar-refractivity contribution in [2.24, 2.45) is 0 Å². The topological polar surface area (TPSA) is 99.0 Å². The Hall–Kier alpha value is -2.43. The smallest absolute Gasteiger partial charge is 0.341 e. The summed E-state index contributed by atoms with van der Waals surface area (Å²) in [6.07, 6.45) is 2.78. The molecule has 0 fully saturated rings. The number of aryl methyl sites for hydroxylation is 1. The lowest BCUT2D eigenvalue weighted by Gasteiger charge is -2.08. The summed E-state index contributed by atoms with van der Waals surface area (Å²) >= 11 is 8.59. The first-order valence-corrected chi connectivity index (χ1v) is 11.5. The van der Waals surface area contributed by atoms with Gasteiger partial charge in [0.15, 0.2) is 0 Å². The third kappa shape index (κ3) is 4.35. The van der Waals surface area contributed by atoms with Crippen molar-refractivity contribution in [3.05, 3.63) is 45.3 Å². The standard InChI is InChI=1S/C19H18ClN5O3S2/c1-2-28-18(27)16-13-4-3-5-14(13)30-17(16)21-15(26)10-29-19-22-23-24-25(19)12-8-6-11(20)7-9-12/h6-9H,2-5,10H2,1H3,(H,21,26). The van der Waals surface area contributed by atoms with E-state index in [0.717, 1.165) is 35.4 Å². The van der Waals surface area contributed by atoms with Gasteiger partial charge in [0.05, 0.1) is 23.6 Å². The average molecular weight is 464 g/mol. The highest BCUT2D eigenvalue weighted by molar-refractivity contribution is 7.99. The van der Waals surface area contributed by atoms with Crippen LogP contribution in [0.2, 0.25) is 5.02 Å². The molecular weight excluding hydrogens is 446 g/mol. The number of nitrogens with one attached hydrogen (secondary N) is 1. The second-order valence-corrected chi connectivity index (χ2v) is 8.95. The molecule has 0 spiro atoms. The van der Waals surface area contributed by atoms with Gasteiger partial charge in [-0.15, -0.1) is 16.4 Å². The molecule has 1 aromatic carbocycles. The lowest BCUT2D eigenvalue weighted by Crippen LogP contribution is -2.17. The number of tetrazole rings is 1. The van der Waals surface area contributed by atoms with E-state index in [4.69, 9.17) is 16.3 Å². The first-order chi connectivity index (χ1) is 14.6. The van der Waals surface area contributed by atoms with Crippen LogP contribution >= 0.6 is 34.7 Å². The lowest BCUT2D eigenvalue weighted by molar-refractivity contribution is -0.113. The molecule has 1 N–H and O–H groups in total. The van der Waals surface area contributed by atoms with Gasteiger partial charge in [-0.05, 0) is 66.4 Å². The van der Waals surface area contributed by atoms with E-state index >= 15 is 0 Å². The van der Waals surface area contributed by atoms with Crippen molar-refractivity contribution in [1.29, 1.82) is 0 Å². The van der Waals surface area contributed by atoms with Crippen LogP contribution in [-0.2, 0) is 22.4 Å². The van der Waals surface area contributed by atoms with Crippen LogP contribution in [0.4, 0.5) is 5.00 Å². The Balaban J connectivity index is 1.45. The van der Waals surface area contributed by atoms with Gasteiger partial charge in [-0.1, -0.05) is 23.4 Å². The van der Waals surface area contributed by atoms with E-state index in [1.165, 1.54) is 27.8 Å². The maximum absolute atomic E-state index is 12.6. The van der Waals surface area contributed by atoms with Gasteiger partial charge < -0.3 is 10.1 Å². The molecule has 0 aliphatic heterocycles. The molecule has 0 saturated heterocycles. The third-order valence-corrected chi connectivity index (χ3v) is 6.88. The van der Waals surface area contributed by atoms with E-state index in [2.05, 4.69) is 20.8 Å². The van der Waals surface area contributed by atoms with E-state index in [9.17, 15) is 9.59 Å². The fraction of sp³-hybridized carbons (Fsp3) is 0.316. The summed E-state index contributed by atoms with van der Waals surface area (Å²) < 4.78 is 6.74. The molecule has 1 aliphatic rings. The predicted molar refractivity (Wildman–Crippen MR) is 116 cm³/mol. The van der Waals surface area contributed by atoms with Crippen LogP contribution in [0.1, 0.15) is 34.1 Å². The number of aromatic nitrogens is 4. The summed E-state index contributed by atoms with van der Waals surface area (Å²) in [5.74, 6) is -0.527. The average Bonchev–Trinajstić information content (AvgIpc) is 3.43. The zero-order chi connectivity index (χ0) is 21.1. The number of nitrogens with zero attached hydrogens (tertiary/aromatic N) is 4. The Morgan fingerprint density at radius 1 is 1.30 bits per heavy atom. The fourth-order valence-electron chi connectivity index (χ4n) is 3.22. The zero-order valence-electron chi connectivity index (χ0n) is 16.1. The number of thioether (sulfide) groups is 1. The van der Waals surface area contributed by atoms with Gasteiger partial charge in [0.1, 0.15) is 5.00 Å². The van der Waals surface area contributed by atoms with Gasteiger partial charge in [0.2, 0.25) is 11.1 Å². The fourth-order valence-corrected chi connectivity index (χ4v) is 5.33. The maximum Gasteiger partial charge on any atom is 0.341 e. The Morgan fingerprint density at radius 3 is 2.87 bits per heavy atom. The summed E-state index contributed by atoms with van der Waals surface area (Å²) in [6.45, 7) is 2.06. The molecule has 4 rings (SSSR count). The summed E-state index contributed by atoms with van der Waals surface area (Å²) in [5.41, 5.74) is 2.25. The van der Waals surface area contributed by atoms with Crippen molar-refractivity contribution in [3.63, 3.8) is 0 Å². The largest absolute Gasteiger partial charge is 0.462 e. The molecular formula is C19H18ClN5O3S2. The number of hydrogen-bond donors (Lipinski definition) is 1. The number of amides is 1. The van der Waals surface area contributed by atoms with Crippen LogP contribution in [0.15, 0.2) is 29.4 Å². The van der Waals surface area contributed by atoms with E-state index in [1.54, 1.807) is 31.2 Å². The summed E-state index contributed by atoms with van der Waals surface area (Å²) in [5, 5.41) is 16.2. The lowest BCUT2D eigenvalue weighted by atomic mass is 10.1. The van der Waals surface area contributed by atoms with Crippen LogP contribution in [0, 0.1) is 0 Å². The minimum Gasteiger partial charge on any atom is -0.462 e. The molecule has 1 aliphatic carbocycles. The number of hydrogen-bond acceptors (Lipinski definition) is 8. The Labute approximate surface area is 185 Å². The van der Waals surface area contributed by atoms with Crippen LogP contribution in [0.3, 0.4) is 0 Å². The Morgan fingerprint density at radius 2 is 2.10 bits per heavy atom. The number of thiophene rings is 1. The van der Waals surface area contributed by atoms with Gasteiger partial charge in [-0.25, -0.2) is 4.79 Å². The van der Waals surface area contributed by atoms with E-state index in [-0.39, 0.29) is 17.6 Å². The van der Waals surface area contributed by atoms with Crippen molar-refractivity contribution in [3.8, 4) is 5.69 Å². The maximum atomic E-state index is 12.6. The number of benzene rings is 1. The summed E-state index contributed by atoms with van der Waals surface area (Å²) in [7, 11) is 0. The molecule has 0 saturated carbocycles. The number of anilines is 1. The Kier molecular flexibility index (Phi) is 6.35. The number of carbonyl (C=O) groups excluding carboxylic acids is 2. The second kappa shape index (κ2) is 9.15. The van der Waals surface area contributed by atoms with Gasteiger partial charge >= 0.3 is 5.97 Å². The summed E-state index contributed by atoms with van der Waals surface area (Å²) in [6, 6.07) is 7.07. The number of ether oxygens (including phenoxy) is 1. The third-order valence-electron chi connectivity index (χ3n) is 4.50. The van der Waals surface area contributed by atoms with Crippen molar-refractivity contribution in [2.45, 2.75) is 31.3 Å². The zero-order valence-corrected chi connectivity index (χ0v) is 18.4. The summed E-state index contributed by atoms with van der Waals surface area (Å²) in [4.78, 5) is 26.2. The quantitative estimate of drug-likeness (QED) is 0.420. The molecule has 2 aromatic heterocycles. The van der Waals surface area contributed by atoms with Crippen LogP contribution < -0.4 is 5.32 Å². The number of carbonyl (C=O) groups is 2. The molecule has 8 nitrogen and oxygen atoms in total. The SMILES string of the molecule is CCOC(=O)c1c(NC(=O)CSc2nnnn2-c2ccc(Cl)cc2)sc2c1CCC2. The van der Waals surface area contributed by atoms with Crippen molar-refractivity contribution in [1.82, 2.24) is 20.2 Å². The highest BCUT2D eigenvalue weighted by atomic mass is 35.5. The number of rotatable bonds is 7. The molecule has 0 bridgehead atoms. The molecule has 0 unspecified atom stereocenters. The highest BCUT2D eigenvalue weighted by Gasteiger charge is 2.28. The van der Waals surface area contributed by atoms with Crippen molar-refractivity contribution >= 4 is 51.6 Å². The van der Waals surface area contributed by atoms with E-state index < -0.39 is 0 Å². The van der Waals surface area contributed by atoms with Crippen LogP contribution in [0.5, 0.6) is 0 Å². The number of halogens is 1. The molecule has 11 heteroatoms. The van der Waals surface area contributed by atoms with E-state index in [0.29, 0.717) is 27.4 Å². The monoisotopic (exact) mass is 463 g/mol. The van der Waals surface area contributed by atoms with Gasteiger partial charge in [-0.2, -0.15) is 4.68 Å². The minimum atomic E-state index is -0.383. The Bertz CT molecular complexity index is 1080. The molecule has 0 radical (unpaired) electrons.